The van der Waals surface area contributed by atoms with Crippen molar-refractivity contribution in [3.63, 3.8) is 0 Å². The Bertz CT molecular complexity index is 1010. The number of nitrogens with one attached hydrogen (secondary N) is 1. The van der Waals surface area contributed by atoms with E-state index in [-0.39, 0.29) is 24.6 Å². The summed E-state index contributed by atoms with van der Waals surface area (Å²) in [6.45, 7) is 1.35. The largest absolute Gasteiger partial charge is 0.485 e. The maximum absolute atomic E-state index is 12.9. The van der Waals surface area contributed by atoms with Gasteiger partial charge in [0.1, 0.15) is 18.7 Å². The molecular weight excluding hydrogens is 411 g/mol. The Hall–Kier alpha value is -3.14. The molecule has 3 rings (SSSR count). The van der Waals surface area contributed by atoms with Crippen LogP contribution in [-0.2, 0) is 11.0 Å². The van der Waals surface area contributed by atoms with E-state index in [1.54, 1.807) is 18.2 Å². The summed E-state index contributed by atoms with van der Waals surface area (Å²) in [6.07, 6.45) is -3.16. The van der Waals surface area contributed by atoms with E-state index in [0.717, 1.165) is 17.7 Å². The zero-order valence-electron chi connectivity index (χ0n) is 15.1. The molecule has 11 heteroatoms. The molecule has 0 unspecified atom stereocenters. The number of carbonyl (C=O) groups excluding carboxylic acids is 1. The summed E-state index contributed by atoms with van der Waals surface area (Å²) < 4.78 is 45.7. The minimum Gasteiger partial charge on any atom is -0.485 e. The van der Waals surface area contributed by atoms with Gasteiger partial charge in [-0.2, -0.15) is 13.2 Å². The van der Waals surface area contributed by atoms with E-state index in [2.05, 4.69) is 20.8 Å². The van der Waals surface area contributed by atoms with Crippen molar-refractivity contribution < 1.29 is 22.7 Å². The van der Waals surface area contributed by atoms with Gasteiger partial charge in [-0.1, -0.05) is 17.7 Å². The van der Waals surface area contributed by atoms with E-state index >= 15 is 0 Å². The first-order chi connectivity index (χ1) is 13.7. The van der Waals surface area contributed by atoms with Crippen molar-refractivity contribution in [2.75, 3.05) is 18.5 Å². The highest BCUT2D eigenvalue weighted by Crippen LogP contribution is 2.36. The van der Waals surface area contributed by atoms with Gasteiger partial charge in [-0.3, -0.25) is 4.79 Å². The van der Waals surface area contributed by atoms with E-state index in [1.807, 2.05) is 6.92 Å². The fourth-order valence-electron chi connectivity index (χ4n) is 2.43. The molecule has 1 N–H and O–H groups in total. The second-order valence-corrected chi connectivity index (χ2v) is 6.48. The summed E-state index contributed by atoms with van der Waals surface area (Å²) in [5.41, 5.74) is 0.618. The third kappa shape index (κ3) is 5.23. The maximum atomic E-state index is 12.9. The second kappa shape index (κ2) is 8.48. The highest BCUT2D eigenvalue weighted by molar-refractivity contribution is 6.31. The maximum Gasteiger partial charge on any atom is 0.417 e. The third-order valence-electron chi connectivity index (χ3n) is 3.94. The van der Waals surface area contributed by atoms with Gasteiger partial charge in [-0.15, -0.1) is 5.10 Å². The number of hydrogen-bond acceptors (Lipinski definition) is 6. The number of benzene rings is 2. The summed E-state index contributed by atoms with van der Waals surface area (Å²) in [5.74, 6) is 0.123. The fourth-order valence-corrected chi connectivity index (χ4v) is 2.65. The quantitative estimate of drug-likeness (QED) is 0.621. The molecule has 0 fully saturated rings. The SMILES string of the molecule is Cc1ccc(-n2cnnn2)cc1OCC(=O)CNc1ccc(Cl)c(C(F)(F)F)c1. The Labute approximate surface area is 168 Å². The Morgan fingerprint density at radius 1 is 1.24 bits per heavy atom. The lowest BCUT2D eigenvalue weighted by Gasteiger charge is -2.13. The first kappa shape index (κ1) is 20.6. The molecule has 1 aromatic heterocycles. The van der Waals surface area contributed by atoms with Gasteiger partial charge < -0.3 is 10.1 Å². The summed E-state index contributed by atoms with van der Waals surface area (Å²) >= 11 is 5.58. The molecule has 152 valence electrons. The molecular formula is C18H15ClF3N5O2. The van der Waals surface area contributed by atoms with Gasteiger partial charge in [0.15, 0.2) is 5.78 Å². The molecule has 0 aliphatic rings. The number of alkyl halides is 3. The van der Waals surface area contributed by atoms with Crippen LogP contribution in [0.15, 0.2) is 42.7 Å². The number of anilines is 1. The number of halogens is 4. The number of rotatable bonds is 7. The number of ketones is 1. The average Bonchev–Trinajstić information content (AvgIpc) is 3.20. The van der Waals surface area contributed by atoms with Crippen LogP contribution in [0.3, 0.4) is 0 Å². The predicted octanol–water partition coefficient (Wildman–Crippen LogP) is 3.70. The molecule has 0 radical (unpaired) electrons. The van der Waals surface area contributed by atoms with Crippen LogP contribution in [0.1, 0.15) is 11.1 Å². The van der Waals surface area contributed by atoms with Gasteiger partial charge in [-0.05, 0) is 47.2 Å². The van der Waals surface area contributed by atoms with Crippen LogP contribution in [0.4, 0.5) is 18.9 Å². The van der Waals surface area contributed by atoms with Crippen molar-refractivity contribution >= 4 is 23.1 Å². The van der Waals surface area contributed by atoms with Crippen LogP contribution in [0, 0.1) is 6.92 Å². The number of tetrazole rings is 1. The van der Waals surface area contributed by atoms with E-state index in [4.69, 9.17) is 16.3 Å². The predicted molar refractivity (Wildman–Crippen MR) is 99.3 cm³/mol. The number of Topliss-reactive ketones (excluding diaryl/α,β-unsaturated/α-hetero) is 1. The van der Waals surface area contributed by atoms with E-state index in [9.17, 15) is 18.0 Å². The van der Waals surface area contributed by atoms with Crippen LogP contribution in [0.25, 0.3) is 5.69 Å². The zero-order chi connectivity index (χ0) is 21.0. The molecule has 0 amide bonds. The fraction of sp³-hybridized carbons (Fsp3) is 0.222. The van der Waals surface area contributed by atoms with Crippen LogP contribution in [-0.4, -0.2) is 39.1 Å². The lowest BCUT2D eigenvalue weighted by atomic mass is 10.2. The van der Waals surface area contributed by atoms with Gasteiger partial charge in [0.05, 0.1) is 22.8 Å². The first-order valence-corrected chi connectivity index (χ1v) is 8.71. The Kier molecular flexibility index (Phi) is 6.02. The molecule has 0 saturated heterocycles. The highest BCUT2D eigenvalue weighted by Gasteiger charge is 2.33. The van der Waals surface area contributed by atoms with E-state index in [1.165, 1.54) is 17.1 Å². The van der Waals surface area contributed by atoms with Gasteiger partial charge in [-0.25, -0.2) is 4.68 Å². The lowest BCUT2D eigenvalue weighted by molar-refractivity contribution is -0.137. The van der Waals surface area contributed by atoms with Crippen LogP contribution in [0.5, 0.6) is 5.75 Å². The van der Waals surface area contributed by atoms with Gasteiger partial charge in [0, 0.05) is 11.8 Å². The van der Waals surface area contributed by atoms with Crippen molar-refractivity contribution in [2.24, 2.45) is 0 Å². The van der Waals surface area contributed by atoms with Gasteiger partial charge in [0.25, 0.3) is 0 Å². The smallest absolute Gasteiger partial charge is 0.417 e. The minimum atomic E-state index is -4.58. The number of nitrogens with zero attached hydrogens (tertiary/aromatic N) is 4. The number of aromatic nitrogens is 4. The molecule has 0 bridgehead atoms. The molecule has 3 aromatic rings. The van der Waals surface area contributed by atoms with Gasteiger partial charge >= 0.3 is 6.18 Å². The Morgan fingerprint density at radius 3 is 2.72 bits per heavy atom. The average molecular weight is 426 g/mol. The van der Waals surface area contributed by atoms with Crippen LogP contribution < -0.4 is 10.1 Å². The van der Waals surface area contributed by atoms with Crippen molar-refractivity contribution in [2.45, 2.75) is 13.1 Å². The van der Waals surface area contributed by atoms with Crippen LogP contribution >= 0.6 is 11.6 Å². The number of hydrogen-bond donors (Lipinski definition) is 1. The van der Waals surface area contributed by atoms with E-state index in [0.29, 0.717) is 11.4 Å². The van der Waals surface area contributed by atoms with Crippen molar-refractivity contribution in [1.29, 1.82) is 0 Å². The molecule has 29 heavy (non-hydrogen) atoms. The standard InChI is InChI=1S/C18H15ClF3N5O2/c1-11-2-4-13(27-10-24-25-26-27)7-17(11)29-9-14(28)8-23-12-3-5-16(19)15(6-12)18(20,21)22/h2-7,10,23H,8-9H2,1H3. The Balaban J connectivity index is 1.59. The summed E-state index contributed by atoms with van der Waals surface area (Å²) in [6, 6.07) is 8.62. The van der Waals surface area contributed by atoms with Gasteiger partial charge in [0.2, 0.25) is 0 Å². The third-order valence-corrected chi connectivity index (χ3v) is 4.26. The first-order valence-electron chi connectivity index (χ1n) is 8.33. The molecule has 0 aliphatic carbocycles. The number of ether oxygens (including phenoxy) is 1. The van der Waals surface area contributed by atoms with Crippen molar-refractivity contribution in [3.8, 4) is 11.4 Å². The molecule has 0 spiro atoms. The summed E-state index contributed by atoms with van der Waals surface area (Å²) in [7, 11) is 0. The van der Waals surface area contributed by atoms with E-state index < -0.39 is 16.8 Å². The Morgan fingerprint density at radius 2 is 2.03 bits per heavy atom. The lowest BCUT2D eigenvalue weighted by Crippen LogP contribution is -2.21. The van der Waals surface area contributed by atoms with Crippen LogP contribution in [0.2, 0.25) is 5.02 Å². The minimum absolute atomic E-state index is 0.131. The molecule has 0 atom stereocenters. The number of carbonyl (C=O) groups is 1. The molecule has 7 nitrogen and oxygen atoms in total. The normalized spacial score (nSPS) is 11.3. The summed E-state index contributed by atoms with van der Waals surface area (Å²) in [5, 5.41) is 13.1. The van der Waals surface area contributed by atoms with Crippen molar-refractivity contribution in [3.05, 3.63) is 58.9 Å². The summed E-state index contributed by atoms with van der Waals surface area (Å²) in [4.78, 5) is 12.1. The zero-order valence-corrected chi connectivity index (χ0v) is 15.8. The molecule has 1 heterocycles. The topological polar surface area (TPSA) is 81.9 Å². The molecule has 0 saturated carbocycles. The monoisotopic (exact) mass is 425 g/mol. The van der Waals surface area contributed by atoms with Crippen molar-refractivity contribution in [1.82, 2.24) is 20.2 Å². The molecule has 0 aliphatic heterocycles. The second-order valence-electron chi connectivity index (χ2n) is 6.08. The molecule has 2 aromatic carbocycles. The number of aryl methyl sites for hydroxylation is 1. The highest BCUT2D eigenvalue weighted by atomic mass is 35.5.